The van der Waals surface area contributed by atoms with Crippen LogP contribution in [0.4, 0.5) is 0 Å². The second-order valence-electron chi connectivity index (χ2n) is 7.31. The first-order valence-corrected chi connectivity index (χ1v) is 8.11. The van der Waals surface area contributed by atoms with Crippen LogP contribution in [-0.2, 0) is 9.59 Å². The van der Waals surface area contributed by atoms with Gasteiger partial charge in [0.05, 0.1) is 12.0 Å². The van der Waals surface area contributed by atoms with Crippen LogP contribution in [0.1, 0.15) is 45.7 Å². The van der Waals surface area contributed by atoms with Crippen LogP contribution >= 0.6 is 12.4 Å². The van der Waals surface area contributed by atoms with Gasteiger partial charge in [-0.2, -0.15) is 0 Å². The van der Waals surface area contributed by atoms with E-state index in [0.717, 1.165) is 5.56 Å². The number of benzene rings is 1. The number of nitrogens with one attached hydrogen (secondary N) is 1. The van der Waals surface area contributed by atoms with Crippen LogP contribution in [0.5, 0.6) is 0 Å². The summed E-state index contributed by atoms with van der Waals surface area (Å²) in [7, 11) is 0. The van der Waals surface area contributed by atoms with Crippen molar-refractivity contribution in [3.05, 3.63) is 35.9 Å². The van der Waals surface area contributed by atoms with E-state index < -0.39 is 0 Å². The van der Waals surface area contributed by atoms with Crippen molar-refractivity contribution < 1.29 is 9.59 Å². The van der Waals surface area contributed by atoms with Gasteiger partial charge in [0.2, 0.25) is 11.8 Å². The highest BCUT2D eigenvalue weighted by molar-refractivity contribution is 5.85. The molecule has 1 heterocycles. The van der Waals surface area contributed by atoms with E-state index in [1.54, 1.807) is 0 Å². The smallest absolute Gasteiger partial charge is 0.225 e. The normalized spacial score (nSPS) is 20.3. The predicted molar refractivity (Wildman–Crippen MR) is 97.8 cm³/mol. The van der Waals surface area contributed by atoms with Gasteiger partial charge in [-0.1, -0.05) is 37.3 Å². The van der Waals surface area contributed by atoms with E-state index in [1.807, 2.05) is 62.9 Å². The fraction of sp³-hybridized carbons (Fsp3) is 0.556. The third-order valence-corrected chi connectivity index (χ3v) is 4.42. The van der Waals surface area contributed by atoms with Gasteiger partial charge < -0.3 is 16.0 Å². The highest BCUT2D eigenvalue weighted by Crippen LogP contribution is 2.23. The summed E-state index contributed by atoms with van der Waals surface area (Å²) in [5, 5.41) is 2.98. The third-order valence-electron chi connectivity index (χ3n) is 4.42. The van der Waals surface area contributed by atoms with Gasteiger partial charge in [0.15, 0.2) is 0 Å². The van der Waals surface area contributed by atoms with Gasteiger partial charge in [-0.15, -0.1) is 12.4 Å². The maximum Gasteiger partial charge on any atom is 0.225 e. The molecule has 5 nitrogen and oxygen atoms in total. The first-order valence-electron chi connectivity index (χ1n) is 8.11. The monoisotopic (exact) mass is 353 g/mol. The van der Waals surface area contributed by atoms with Crippen molar-refractivity contribution in [3.8, 4) is 0 Å². The summed E-state index contributed by atoms with van der Waals surface area (Å²) in [6.07, 6.45) is 0.357. The molecule has 0 bridgehead atoms. The molecule has 1 saturated heterocycles. The van der Waals surface area contributed by atoms with Gasteiger partial charge in [0.1, 0.15) is 0 Å². The zero-order chi connectivity index (χ0) is 17.2. The fourth-order valence-electron chi connectivity index (χ4n) is 2.91. The minimum atomic E-state index is -0.355. The van der Waals surface area contributed by atoms with E-state index in [-0.39, 0.29) is 47.8 Å². The minimum Gasteiger partial charge on any atom is -0.351 e. The molecule has 1 aromatic rings. The summed E-state index contributed by atoms with van der Waals surface area (Å²) in [5.74, 6) is -0.367. The molecule has 3 N–H and O–H groups in total. The van der Waals surface area contributed by atoms with Crippen molar-refractivity contribution in [3.63, 3.8) is 0 Å². The van der Waals surface area contributed by atoms with Crippen molar-refractivity contribution in [2.75, 3.05) is 6.54 Å². The molecule has 1 aliphatic rings. The maximum absolute atomic E-state index is 12.5. The molecule has 24 heavy (non-hydrogen) atoms. The molecule has 1 fully saturated rings. The lowest BCUT2D eigenvalue weighted by Gasteiger charge is -2.32. The Balaban J connectivity index is 0.00000288. The molecule has 1 aromatic carbocycles. The van der Waals surface area contributed by atoms with Crippen molar-refractivity contribution >= 4 is 24.2 Å². The number of halogens is 1. The van der Waals surface area contributed by atoms with Crippen LogP contribution in [0.3, 0.4) is 0 Å². The van der Waals surface area contributed by atoms with Crippen LogP contribution < -0.4 is 11.1 Å². The van der Waals surface area contributed by atoms with Crippen molar-refractivity contribution in [1.82, 2.24) is 10.2 Å². The summed E-state index contributed by atoms with van der Waals surface area (Å²) >= 11 is 0. The Labute approximate surface area is 150 Å². The van der Waals surface area contributed by atoms with E-state index in [1.165, 1.54) is 0 Å². The summed E-state index contributed by atoms with van der Waals surface area (Å²) in [5.41, 5.74) is 6.92. The Kier molecular flexibility index (Phi) is 6.81. The van der Waals surface area contributed by atoms with Crippen LogP contribution in [0, 0.1) is 5.92 Å². The molecule has 0 aliphatic carbocycles. The first kappa shape index (κ1) is 20.5. The molecule has 134 valence electrons. The molecule has 3 atom stereocenters. The topological polar surface area (TPSA) is 75.4 Å². The average molecular weight is 354 g/mol. The average Bonchev–Trinajstić information content (AvgIpc) is 2.87. The Morgan fingerprint density at radius 3 is 2.38 bits per heavy atom. The number of carbonyl (C=O) groups is 2. The molecule has 1 aliphatic heterocycles. The molecular formula is C18H28ClN3O2. The quantitative estimate of drug-likeness (QED) is 0.871. The predicted octanol–water partition coefficient (Wildman–Crippen LogP) is 2.26. The molecule has 2 rings (SSSR count). The molecule has 6 heteroatoms. The zero-order valence-electron chi connectivity index (χ0n) is 14.8. The van der Waals surface area contributed by atoms with Crippen LogP contribution in [0.15, 0.2) is 30.3 Å². The second-order valence-corrected chi connectivity index (χ2v) is 7.31. The van der Waals surface area contributed by atoms with Crippen molar-refractivity contribution in [2.45, 2.75) is 51.7 Å². The molecule has 0 spiro atoms. The molecule has 0 aromatic heterocycles. The fourth-order valence-corrected chi connectivity index (χ4v) is 2.91. The minimum absolute atomic E-state index is 0. The van der Waals surface area contributed by atoms with Gasteiger partial charge in [0, 0.05) is 24.5 Å². The lowest BCUT2D eigenvalue weighted by Crippen LogP contribution is -2.46. The van der Waals surface area contributed by atoms with E-state index in [2.05, 4.69) is 5.32 Å². The van der Waals surface area contributed by atoms with E-state index in [9.17, 15) is 9.59 Å². The van der Waals surface area contributed by atoms with Crippen LogP contribution in [0.25, 0.3) is 0 Å². The maximum atomic E-state index is 12.5. The highest BCUT2D eigenvalue weighted by Gasteiger charge is 2.37. The SMILES string of the molecule is CC(C(=O)NC1CC(=O)N(C(C)(C)C)C1)C(N)c1ccccc1.Cl. The van der Waals surface area contributed by atoms with Gasteiger partial charge in [-0.3, -0.25) is 9.59 Å². The van der Waals surface area contributed by atoms with E-state index in [4.69, 9.17) is 5.73 Å². The summed E-state index contributed by atoms with van der Waals surface area (Å²) < 4.78 is 0. The number of hydrogen-bond donors (Lipinski definition) is 2. The van der Waals surface area contributed by atoms with Crippen LogP contribution in [0.2, 0.25) is 0 Å². The summed E-state index contributed by atoms with van der Waals surface area (Å²) in [6, 6.07) is 9.11. The number of likely N-dealkylation sites (tertiary alicyclic amines) is 1. The zero-order valence-corrected chi connectivity index (χ0v) is 15.6. The van der Waals surface area contributed by atoms with Gasteiger partial charge in [-0.25, -0.2) is 0 Å². The van der Waals surface area contributed by atoms with Gasteiger partial charge >= 0.3 is 0 Å². The van der Waals surface area contributed by atoms with Gasteiger partial charge in [0.25, 0.3) is 0 Å². The number of hydrogen-bond acceptors (Lipinski definition) is 3. The van der Waals surface area contributed by atoms with Crippen LogP contribution in [-0.4, -0.2) is 34.8 Å². The molecule has 3 unspecified atom stereocenters. The molecule has 2 amide bonds. The third kappa shape index (κ3) is 4.71. The standard InChI is InChI=1S/C18H27N3O2.ClH/c1-12(16(19)13-8-6-5-7-9-13)17(23)20-14-10-15(22)21(11-14)18(2,3)4;/h5-9,12,14,16H,10-11,19H2,1-4H3,(H,20,23);1H. The summed E-state index contributed by atoms with van der Waals surface area (Å²) in [4.78, 5) is 26.4. The van der Waals surface area contributed by atoms with Gasteiger partial charge in [-0.05, 0) is 26.3 Å². The molecule has 0 saturated carbocycles. The second kappa shape index (κ2) is 7.99. The number of nitrogens with zero attached hydrogens (tertiary/aromatic N) is 1. The Hall–Kier alpha value is -1.59. The molecular weight excluding hydrogens is 326 g/mol. The van der Waals surface area contributed by atoms with Crippen molar-refractivity contribution in [1.29, 1.82) is 0 Å². The van der Waals surface area contributed by atoms with Crippen molar-refractivity contribution in [2.24, 2.45) is 11.7 Å². The number of carbonyl (C=O) groups excluding carboxylic acids is 2. The van der Waals surface area contributed by atoms with E-state index >= 15 is 0 Å². The largest absolute Gasteiger partial charge is 0.351 e. The molecule has 0 radical (unpaired) electrons. The Morgan fingerprint density at radius 1 is 1.29 bits per heavy atom. The number of rotatable bonds is 4. The lowest BCUT2D eigenvalue weighted by molar-refractivity contribution is -0.131. The highest BCUT2D eigenvalue weighted by atomic mass is 35.5. The summed E-state index contributed by atoms with van der Waals surface area (Å²) in [6.45, 7) is 8.39. The lowest BCUT2D eigenvalue weighted by atomic mass is 9.94. The first-order chi connectivity index (χ1) is 10.7. The Bertz CT molecular complexity index is 571. The number of amides is 2. The Morgan fingerprint density at radius 2 is 1.88 bits per heavy atom. The number of nitrogens with two attached hydrogens (primary N) is 1. The van der Waals surface area contributed by atoms with E-state index in [0.29, 0.717) is 13.0 Å².